The molecule has 0 spiro atoms. The molecule has 0 aromatic carbocycles. The Labute approximate surface area is 105 Å². The molecule has 1 aromatic rings. The summed E-state index contributed by atoms with van der Waals surface area (Å²) in [6.45, 7) is 7.08. The Morgan fingerprint density at radius 2 is 1.78 bits per heavy atom. The van der Waals surface area contributed by atoms with E-state index >= 15 is 0 Å². The van der Waals surface area contributed by atoms with E-state index in [-0.39, 0.29) is 0 Å². The van der Waals surface area contributed by atoms with Crippen molar-refractivity contribution in [2.75, 3.05) is 31.6 Å². The maximum absolute atomic E-state index is 11.4. The molecule has 0 saturated carbocycles. The van der Waals surface area contributed by atoms with Gasteiger partial charge in [-0.05, 0) is 13.1 Å². The zero-order chi connectivity index (χ0) is 13.4. The standard InChI is InChI=1S/C10H18N6O2/c1-3-15(4-2)6-5-11-9(17)10(18)14-16-7-12-13-8-16/h7-8H,3-6H2,1-2H3,(H,11,17)(H,14,18). The first kappa shape index (κ1) is 14.1. The molecule has 0 atom stereocenters. The van der Waals surface area contributed by atoms with Crippen LogP contribution in [0.15, 0.2) is 12.7 Å². The summed E-state index contributed by atoms with van der Waals surface area (Å²) in [4.78, 5) is 25.0. The van der Waals surface area contributed by atoms with Crippen LogP contribution in [0, 0.1) is 0 Å². The molecule has 0 aliphatic heterocycles. The first-order valence-electron chi connectivity index (χ1n) is 5.83. The van der Waals surface area contributed by atoms with E-state index in [0.29, 0.717) is 6.54 Å². The van der Waals surface area contributed by atoms with Gasteiger partial charge in [0.15, 0.2) is 0 Å². The van der Waals surface area contributed by atoms with E-state index in [4.69, 9.17) is 0 Å². The Morgan fingerprint density at radius 1 is 1.17 bits per heavy atom. The Balaban J connectivity index is 2.26. The summed E-state index contributed by atoms with van der Waals surface area (Å²) in [7, 11) is 0. The van der Waals surface area contributed by atoms with E-state index in [1.54, 1.807) is 0 Å². The lowest BCUT2D eigenvalue weighted by Crippen LogP contribution is -2.41. The summed E-state index contributed by atoms with van der Waals surface area (Å²) in [5.41, 5.74) is 2.31. The number of hydrogen-bond acceptors (Lipinski definition) is 5. The summed E-state index contributed by atoms with van der Waals surface area (Å²) >= 11 is 0. The fourth-order valence-electron chi connectivity index (χ4n) is 1.37. The van der Waals surface area contributed by atoms with Crippen LogP contribution in [0.2, 0.25) is 0 Å². The van der Waals surface area contributed by atoms with Gasteiger partial charge in [-0.3, -0.25) is 15.0 Å². The van der Waals surface area contributed by atoms with Crippen LogP contribution in [0.25, 0.3) is 0 Å². The van der Waals surface area contributed by atoms with Crippen molar-refractivity contribution in [3.63, 3.8) is 0 Å². The minimum Gasteiger partial charge on any atom is -0.346 e. The molecule has 100 valence electrons. The van der Waals surface area contributed by atoms with Crippen molar-refractivity contribution in [1.82, 2.24) is 25.1 Å². The number of likely N-dealkylation sites (N-methyl/N-ethyl adjacent to an activating group) is 1. The van der Waals surface area contributed by atoms with Crippen LogP contribution < -0.4 is 10.7 Å². The van der Waals surface area contributed by atoms with Gasteiger partial charge in [0.05, 0.1) is 0 Å². The molecule has 0 fully saturated rings. The van der Waals surface area contributed by atoms with Gasteiger partial charge in [0.1, 0.15) is 12.7 Å². The fraction of sp³-hybridized carbons (Fsp3) is 0.600. The number of hydrogen-bond donors (Lipinski definition) is 2. The second-order valence-electron chi connectivity index (χ2n) is 3.59. The molecule has 1 rings (SSSR count). The largest absolute Gasteiger partial charge is 0.346 e. The van der Waals surface area contributed by atoms with Crippen LogP contribution in [-0.4, -0.2) is 57.8 Å². The molecular weight excluding hydrogens is 236 g/mol. The molecule has 8 heteroatoms. The molecule has 0 bridgehead atoms. The zero-order valence-corrected chi connectivity index (χ0v) is 10.6. The van der Waals surface area contributed by atoms with Crippen molar-refractivity contribution in [2.24, 2.45) is 0 Å². The van der Waals surface area contributed by atoms with Crippen LogP contribution in [0.5, 0.6) is 0 Å². The summed E-state index contributed by atoms with van der Waals surface area (Å²) in [6, 6.07) is 0. The van der Waals surface area contributed by atoms with E-state index in [1.807, 2.05) is 13.8 Å². The van der Waals surface area contributed by atoms with E-state index in [1.165, 1.54) is 17.3 Å². The topological polar surface area (TPSA) is 92.2 Å². The van der Waals surface area contributed by atoms with Crippen molar-refractivity contribution in [1.29, 1.82) is 0 Å². The quantitative estimate of drug-likeness (QED) is 0.623. The lowest BCUT2D eigenvalue weighted by molar-refractivity contribution is -0.136. The number of carbonyl (C=O) groups is 2. The molecule has 0 aliphatic carbocycles. The van der Waals surface area contributed by atoms with Crippen molar-refractivity contribution in [3.8, 4) is 0 Å². The van der Waals surface area contributed by atoms with E-state index < -0.39 is 11.8 Å². The zero-order valence-electron chi connectivity index (χ0n) is 10.6. The Bertz CT molecular complexity index is 374. The highest BCUT2D eigenvalue weighted by Crippen LogP contribution is 1.84. The number of aromatic nitrogens is 3. The number of carbonyl (C=O) groups excluding carboxylic acids is 2. The second kappa shape index (κ2) is 7.38. The molecule has 18 heavy (non-hydrogen) atoms. The summed E-state index contributed by atoms with van der Waals surface area (Å²) < 4.78 is 1.21. The molecule has 1 aromatic heterocycles. The molecule has 0 radical (unpaired) electrons. The number of rotatable bonds is 6. The molecule has 2 N–H and O–H groups in total. The first-order valence-corrected chi connectivity index (χ1v) is 5.83. The predicted octanol–water partition coefficient (Wildman–Crippen LogP) is -1.19. The maximum Gasteiger partial charge on any atom is 0.328 e. The van der Waals surface area contributed by atoms with E-state index in [2.05, 4.69) is 25.8 Å². The summed E-state index contributed by atoms with van der Waals surface area (Å²) in [6.07, 6.45) is 2.59. The maximum atomic E-state index is 11.4. The van der Waals surface area contributed by atoms with Crippen LogP contribution in [0.3, 0.4) is 0 Å². The van der Waals surface area contributed by atoms with Gasteiger partial charge in [0.25, 0.3) is 0 Å². The van der Waals surface area contributed by atoms with Gasteiger partial charge in [-0.25, -0.2) is 4.68 Å². The molecule has 0 saturated heterocycles. The van der Waals surface area contributed by atoms with Crippen molar-refractivity contribution in [2.45, 2.75) is 13.8 Å². The average molecular weight is 254 g/mol. The monoisotopic (exact) mass is 254 g/mol. The Morgan fingerprint density at radius 3 is 2.33 bits per heavy atom. The van der Waals surface area contributed by atoms with Crippen LogP contribution in [0.1, 0.15) is 13.8 Å². The van der Waals surface area contributed by atoms with Crippen LogP contribution in [0.4, 0.5) is 0 Å². The molecular formula is C10H18N6O2. The molecule has 0 unspecified atom stereocenters. The lowest BCUT2D eigenvalue weighted by Gasteiger charge is -2.17. The SMILES string of the molecule is CCN(CC)CCNC(=O)C(=O)Nn1cnnc1. The molecule has 0 aliphatic rings. The van der Waals surface area contributed by atoms with Gasteiger partial charge in [-0.15, -0.1) is 10.2 Å². The fourth-order valence-corrected chi connectivity index (χ4v) is 1.37. The van der Waals surface area contributed by atoms with Gasteiger partial charge in [-0.2, -0.15) is 0 Å². The molecule has 2 amide bonds. The Hall–Kier alpha value is -1.96. The normalized spacial score (nSPS) is 10.4. The number of nitrogens with zero attached hydrogens (tertiary/aromatic N) is 4. The van der Waals surface area contributed by atoms with Gasteiger partial charge < -0.3 is 10.2 Å². The highest BCUT2D eigenvalue weighted by atomic mass is 16.2. The smallest absolute Gasteiger partial charge is 0.328 e. The Kier molecular flexibility index (Phi) is 5.78. The van der Waals surface area contributed by atoms with Gasteiger partial charge in [0.2, 0.25) is 0 Å². The molecule has 1 heterocycles. The third kappa shape index (κ3) is 4.50. The van der Waals surface area contributed by atoms with E-state index in [0.717, 1.165) is 19.6 Å². The lowest BCUT2D eigenvalue weighted by atomic mass is 10.4. The van der Waals surface area contributed by atoms with Crippen molar-refractivity contribution in [3.05, 3.63) is 12.7 Å². The highest BCUT2D eigenvalue weighted by Gasteiger charge is 2.13. The summed E-state index contributed by atoms with van der Waals surface area (Å²) in [5.74, 6) is -1.41. The number of amides is 2. The minimum atomic E-state index is -0.741. The van der Waals surface area contributed by atoms with Crippen LogP contribution >= 0.6 is 0 Å². The van der Waals surface area contributed by atoms with E-state index in [9.17, 15) is 9.59 Å². The number of nitrogens with one attached hydrogen (secondary N) is 2. The first-order chi connectivity index (χ1) is 8.67. The highest BCUT2D eigenvalue weighted by molar-refractivity contribution is 6.38. The van der Waals surface area contributed by atoms with Crippen molar-refractivity contribution >= 4 is 11.8 Å². The van der Waals surface area contributed by atoms with Gasteiger partial charge in [-0.1, -0.05) is 13.8 Å². The summed E-state index contributed by atoms with van der Waals surface area (Å²) in [5, 5.41) is 9.55. The second-order valence-corrected chi connectivity index (χ2v) is 3.59. The predicted molar refractivity (Wildman–Crippen MR) is 65.2 cm³/mol. The van der Waals surface area contributed by atoms with Crippen LogP contribution in [-0.2, 0) is 9.59 Å². The molecule has 8 nitrogen and oxygen atoms in total. The third-order valence-electron chi connectivity index (χ3n) is 2.46. The average Bonchev–Trinajstić information content (AvgIpc) is 2.87. The van der Waals surface area contributed by atoms with Gasteiger partial charge in [0, 0.05) is 13.1 Å². The minimum absolute atomic E-state index is 0.441. The third-order valence-corrected chi connectivity index (χ3v) is 2.46. The van der Waals surface area contributed by atoms with Crippen molar-refractivity contribution < 1.29 is 9.59 Å². The van der Waals surface area contributed by atoms with Gasteiger partial charge >= 0.3 is 11.8 Å².